The normalized spacial score (nSPS) is 13.7. The summed E-state index contributed by atoms with van der Waals surface area (Å²) in [5.74, 6) is -0.201. The second-order valence-electron chi connectivity index (χ2n) is 3.68. The molecule has 0 radical (unpaired) electrons. The average molecular weight is 321 g/mol. The molecule has 0 saturated heterocycles. The molecule has 0 aromatic heterocycles. The molecule has 0 bridgehead atoms. The molecule has 100 valence electrons. The van der Waals surface area contributed by atoms with Crippen molar-refractivity contribution in [3.05, 3.63) is 22.2 Å². The highest BCUT2D eigenvalue weighted by molar-refractivity contribution is 9.10. The van der Waals surface area contributed by atoms with E-state index >= 15 is 0 Å². The van der Waals surface area contributed by atoms with Gasteiger partial charge in [0.15, 0.2) is 11.5 Å². The predicted octanol–water partition coefficient (Wildman–Crippen LogP) is 2.82. The number of hydrogen-bond acceptors (Lipinski definition) is 4. The molecule has 6 heteroatoms. The number of ether oxygens (including phenoxy) is 3. The molecule has 0 saturated carbocycles. The lowest BCUT2D eigenvalue weighted by Crippen LogP contribution is -2.29. The van der Waals surface area contributed by atoms with Crippen LogP contribution >= 0.6 is 15.9 Å². The number of alkyl halides is 1. The van der Waals surface area contributed by atoms with Gasteiger partial charge in [-0.2, -0.15) is 0 Å². The van der Waals surface area contributed by atoms with Crippen LogP contribution in [0.3, 0.4) is 0 Å². The van der Waals surface area contributed by atoms with Gasteiger partial charge in [0.25, 0.3) is 0 Å². The number of esters is 1. The van der Waals surface area contributed by atoms with Crippen LogP contribution in [0.5, 0.6) is 11.5 Å². The third-order valence-electron chi connectivity index (χ3n) is 2.55. The van der Waals surface area contributed by atoms with Crippen molar-refractivity contribution in [2.24, 2.45) is 0 Å². The van der Waals surface area contributed by atoms with Gasteiger partial charge in [-0.1, -0.05) is 15.9 Å². The van der Waals surface area contributed by atoms with Crippen LogP contribution in [0, 0.1) is 0 Å². The number of carbonyl (C=O) groups excluding carboxylic acids is 1. The second-order valence-corrected chi connectivity index (χ2v) is 4.54. The smallest absolute Gasteiger partial charge is 0.348 e. The molecule has 0 aliphatic carbocycles. The first kappa shape index (κ1) is 14.8. The first-order chi connectivity index (χ1) is 8.38. The van der Waals surface area contributed by atoms with Crippen LogP contribution in [-0.4, -0.2) is 27.3 Å². The summed E-state index contributed by atoms with van der Waals surface area (Å²) >= 11 is 3.20. The van der Waals surface area contributed by atoms with Crippen LogP contribution in [-0.2, 0) is 15.2 Å². The van der Waals surface area contributed by atoms with Gasteiger partial charge in [-0.25, -0.2) is 9.18 Å². The Bertz CT molecular complexity index is 460. The maximum atomic E-state index is 14.4. The summed E-state index contributed by atoms with van der Waals surface area (Å²) in [5.41, 5.74) is -2.15. The summed E-state index contributed by atoms with van der Waals surface area (Å²) in [7, 11) is 4.04. The molecule has 0 N–H and O–H groups in total. The summed E-state index contributed by atoms with van der Waals surface area (Å²) < 4.78 is 29.4. The largest absolute Gasteiger partial charge is 0.493 e. The van der Waals surface area contributed by atoms with Crippen molar-refractivity contribution in [1.29, 1.82) is 0 Å². The highest BCUT2D eigenvalue weighted by Crippen LogP contribution is 2.40. The molecule has 0 spiro atoms. The van der Waals surface area contributed by atoms with E-state index in [1.54, 1.807) is 0 Å². The lowest BCUT2D eigenvalue weighted by molar-refractivity contribution is -0.154. The minimum Gasteiger partial charge on any atom is -0.493 e. The van der Waals surface area contributed by atoms with Crippen LogP contribution in [0.2, 0.25) is 0 Å². The molecule has 1 unspecified atom stereocenters. The maximum Gasteiger partial charge on any atom is 0.348 e. The Labute approximate surface area is 113 Å². The molecule has 1 aromatic rings. The van der Waals surface area contributed by atoms with Gasteiger partial charge in [-0.15, -0.1) is 0 Å². The Kier molecular flexibility index (Phi) is 4.56. The molecule has 0 amide bonds. The molecule has 0 aliphatic rings. The highest BCUT2D eigenvalue weighted by Gasteiger charge is 2.39. The van der Waals surface area contributed by atoms with Crippen LogP contribution in [0.4, 0.5) is 4.39 Å². The van der Waals surface area contributed by atoms with Gasteiger partial charge in [-0.3, -0.25) is 0 Å². The molecule has 1 aromatic carbocycles. The predicted molar refractivity (Wildman–Crippen MR) is 67.7 cm³/mol. The fourth-order valence-corrected chi connectivity index (χ4v) is 2.21. The first-order valence-electron chi connectivity index (χ1n) is 5.07. The molecule has 0 fully saturated rings. The van der Waals surface area contributed by atoms with E-state index in [0.717, 1.165) is 14.0 Å². The van der Waals surface area contributed by atoms with E-state index in [1.807, 2.05) is 0 Å². The summed E-state index contributed by atoms with van der Waals surface area (Å²) in [6, 6.07) is 2.94. The summed E-state index contributed by atoms with van der Waals surface area (Å²) in [4.78, 5) is 11.5. The van der Waals surface area contributed by atoms with Crippen molar-refractivity contribution in [2.75, 3.05) is 21.3 Å². The summed E-state index contributed by atoms with van der Waals surface area (Å²) in [5, 5.41) is 0. The molecule has 0 heterocycles. The van der Waals surface area contributed by atoms with E-state index in [1.165, 1.54) is 26.4 Å². The minimum absolute atomic E-state index is 0.118. The lowest BCUT2D eigenvalue weighted by Gasteiger charge is -2.21. The zero-order valence-corrected chi connectivity index (χ0v) is 12.1. The van der Waals surface area contributed by atoms with Gasteiger partial charge in [0.1, 0.15) is 0 Å². The number of rotatable bonds is 4. The van der Waals surface area contributed by atoms with Crippen molar-refractivity contribution < 1.29 is 23.4 Å². The van der Waals surface area contributed by atoms with E-state index in [0.29, 0.717) is 16.0 Å². The SMILES string of the molecule is COC(=O)C(C)(F)c1cc(OC)c(OC)cc1Br. The Hall–Kier alpha value is -1.30. The molecular formula is C12H14BrFO4. The van der Waals surface area contributed by atoms with Gasteiger partial charge in [0, 0.05) is 10.0 Å². The van der Waals surface area contributed by atoms with E-state index in [2.05, 4.69) is 20.7 Å². The van der Waals surface area contributed by atoms with Crippen LogP contribution in [0.15, 0.2) is 16.6 Å². The fraction of sp³-hybridized carbons (Fsp3) is 0.417. The van der Waals surface area contributed by atoms with Gasteiger partial charge < -0.3 is 14.2 Å². The fourth-order valence-electron chi connectivity index (χ4n) is 1.52. The summed E-state index contributed by atoms with van der Waals surface area (Å²) in [6.45, 7) is 1.13. The molecule has 1 rings (SSSR count). The van der Waals surface area contributed by atoms with Crippen molar-refractivity contribution in [1.82, 2.24) is 0 Å². The number of hydrogen-bond donors (Lipinski definition) is 0. The van der Waals surface area contributed by atoms with E-state index in [-0.39, 0.29) is 5.56 Å². The Morgan fingerprint density at radius 3 is 2.17 bits per heavy atom. The number of halogens is 2. The van der Waals surface area contributed by atoms with E-state index in [4.69, 9.17) is 9.47 Å². The average Bonchev–Trinajstić information content (AvgIpc) is 2.36. The lowest BCUT2D eigenvalue weighted by atomic mass is 9.97. The molecule has 18 heavy (non-hydrogen) atoms. The molecular weight excluding hydrogens is 307 g/mol. The van der Waals surface area contributed by atoms with Crippen LogP contribution < -0.4 is 9.47 Å². The van der Waals surface area contributed by atoms with Gasteiger partial charge in [0.05, 0.1) is 21.3 Å². The second kappa shape index (κ2) is 5.56. The third kappa shape index (κ3) is 2.58. The van der Waals surface area contributed by atoms with Crippen LogP contribution in [0.25, 0.3) is 0 Å². The highest BCUT2D eigenvalue weighted by atomic mass is 79.9. The van der Waals surface area contributed by atoms with Crippen molar-refractivity contribution in [3.8, 4) is 11.5 Å². The monoisotopic (exact) mass is 320 g/mol. The molecule has 0 aliphatic heterocycles. The number of benzene rings is 1. The first-order valence-corrected chi connectivity index (χ1v) is 5.87. The van der Waals surface area contributed by atoms with Crippen molar-refractivity contribution in [3.63, 3.8) is 0 Å². The van der Waals surface area contributed by atoms with Crippen molar-refractivity contribution >= 4 is 21.9 Å². The third-order valence-corrected chi connectivity index (χ3v) is 3.20. The Morgan fingerprint density at radius 1 is 1.22 bits per heavy atom. The Morgan fingerprint density at radius 2 is 1.72 bits per heavy atom. The van der Waals surface area contributed by atoms with E-state index < -0.39 is 11.6 Å². The number of methoxy groups -OCH3 is 3. The zero-order valence-electron chi connectivity index (χ0n) is 10.5. The van der Waals surface area contributed by atoms with Gasteiger partial charge in [-0.05, 0) is 19.1 Å². The van der Waals surface area contributed by atoms with Crippen LogP contribution in [0.1, 0.15) is 12.5 Å². The standard InChI is InChI=1S/C12H14BrFO4/c1-12(14,11(15)18-4)7-5-9(16-2)10(17-3)6-8(7)13/h5-6H,1-4H3. The number of carbonyl (C=O) groups is 1. The van der Waals surface area contributed by atoms with Crippen molar-refractivity contribution in [2.45, 2.75) is 12.6 Å². The quantitative estimate of drug-likeness (QED) is 0.800. The van der Waals surface area contributed by atoms with E-state index in [9.17, 15) is 9.18 Å². The topological polar surface area (TPSA) is 44.8 Å². The zero-order chi connectivity index (χ0) is 13.9. The summed E-state index contributed by atoms with van der Waals surface area (Å²) in [6.07, 6.45) is 0. The van der Waals surface area contributed by atoms with Gasteiger partial charge >= 0.3 is 5.97 Å². The molecule has 1 atom stereocenters. The maximum absolute atomic E-state index is 14.4. The molecule has 4 nitrogen and oxygen atoms in total. The Balaban J connectivity index is 3.37. The van der Waals surface area contributed by atoms with Gasteiger partial charge in [0.2, 0.25) is 5.67 Å². The minimum atomic E-state index is -2.27.